The van der Waals surface area contributed by atoms with Gasteiger partial charge >= 0.3 is 0 Å². The molecule has 0 aliphatic rings. The molecule has 0 bridgehead atoms. The molecule has 0 heteroatoms. The second kappa shape index (κ2) is 4.36. The molecule has 0 aromatic heterocycles. The van der Waals surface area contributed by atoms with Gasteiger partial charge in [-0.1, -0.05) is 66.2 Å². The molecular formula is C16H15. The average molecular weight is 207 g/mol. The third-order valence-corrected chi connectivity index (χ3v) is 2.73. The number of benzene rings is 2. The molecule has 1 radical (unpaired) electrons. The summed E-state index contributed by atoms with van der Waals surface area (Å²) in [5.74, 6) is 0. The molecule has 0 atom stereocenters. The van der Waals surface area contributed by atoms with Crippen molar-refractivity contribution in [3.63, 3.8) is 0 Å². The van der Waals surface area contributed by atoms with Crippen LogP contribution in [0.1, 0.15) is 22.3 Å². The van der Waals surface area contributed by atoms with E-state index >= 15 is 0 Å². The van der Waals surface area contributed by atoms with Crippen LogP contribution in [0.25, 0.3) is 5.57 Å². The van der Waals surface area contributed by atoms with E-state index in [0.29, 0.717) is 0 Å². The highest BCUT2D eigenvalue weighted by molar-refractivity contribution is 5.77. The fourth-order valence-corrected chi connectivity index (χ4v) is 1.63. The first kappa shape index (κ1) is 10.7. The lowest BCUT2D eigenvalue weighted by molar-refractivity contribution is 1.43. The van der Waals surface area contributed by atoms with E-state index < -0.39 is 0 Å². The van der Waals surface area contributed by atoms with Gasteiger partial charge in [0.2, 0.25) is 0 Å². The molecule has 2 aromatic rings. The van der Waals surface area contributed by atoms with Gasteiger partial charge in [0.05, 0.1) is 0 Å². The van der Waals surface area contributed by atoms with Crippen LogP contribution in [0.3, 0.4) is 0 Å². The molecule has 0 aliphatic heterocycles. The van der Waals surface area contributed by atoms with Gasteiger partial charge in [0.1, 0.15) is 0 Å². The van der Waals surface area contributed by atoms with Crippen LogP contribution in [0.15, 0.2) is 48.5 Å². The lowest BCUT2D eigenvalue weighted by Gasteiger charge is -2.06. The predicted octanol–water partition coefficient (Wildman–Crippen LogP) is 4.17. The lowest BCUT2D eigenvalue weighted by Crippen LogP contribution is -1.86. The highest BCUT2D eigenvalue weighted by Crippen LogP contribution is 2.21. The molecule has 0 spiro atoms. The first-order valence-corrected chi connectivity index (χ1v) is 5.43. The van der Waals surface area contributed by atoms with Gasteiger partial charge in [0, 0.05) is 0 Å². The van der Waals surface area contributed by atoms with Gasteiger partial charge in [-0.05, 0) is 30.5 Å². The molecule has 0 unspecified atom stereocenters. The van der Waals surface area contributed by atoms with Crippen molar-refractivity contribution >= 4 is 5.57 Å². The van der Waals surface area contributed by atoms with E-state index in [-0.39, 0.29) is 0 Å². The Morgan fingerprint density at radius 3 is 1.31 bits per heavy atom. The largest absolute Gasteiger partial charge is 0.0587 e. The summed E-state index contributed by atoms with van der Waals surface area (Å²) in [6, 6.07) is 16.6. The van der Waals surface area contributed by atoms with Crippen molar-refractivity contribution in [1.29, 1.82) is 0 Å². The zero-order chi connectivity index (χ0) is 11.5. The van der Waals surface area contributed by atoms with Crippen LogP contribution >= 0.6 is 0 Å². The molecular weight excluding hydrogens is 192 g/mol. The summed E-state index contributed by atoms with van der Waals surface area (Å²) in [5, 5.41) is 0. The molecule has 2 aromatic carbocycles. The minimum absolute atomic E-state index is 0.833. The molecule has 0 N–H and O–H groups in total. The summed E-state index contributed by atoms with van der Waals surface area (Å²) >= 11 is 0. The topological polar surface area (TPSA) is 0 Å². The van der Waals surface area contributed by atoms with Gasteiger partial charge in [-0.2, -0.15) is 0 Å². The third-order valence-electron chi connectivity index (χ3n) is 2.73. The predicted molar refractivity (Wildman–Crippen MR) is 69.2 cm³/mol. The van der Waals surface area contributed by atoms with E-state index in [0.717, 1.165) is 16.7 Å². The van der Waals surface area contributed by atoms with Gasteiger partial charge in [0.25, 0.3) is 0 Å². The van der Waals surface area contributed by atoms with Crippen LogP contribution < -0.4 is 0 Å². The zero-order valence-electron chi connectivity index (χ0n) is 9.70. The SMILES string of the molecule is [CH]=C(c1ccc(C)cc1)c1ccc(C)cc1. The minimum Gasteiger partial charge on any atom is -0.0587 e. The maximum absolute atomic E-state index is 6.13. The third kappa shape index (κ3) is 2.22. The summed E-state index contributed by atoms with van der Waals surface area (Å²) < 4.78 is 0. The van der Waals surface area contributed by atoms with Crippen molar-refractivity contribution in [3.8, 4) is 0 Å². The normalized spacial score (nSPS) is 10.1. The van der Waals surface area contributed by atoms with Crippen LogP contribution in [0.5, 0.6) is 0 Å². The Morgan fingerprint density at radius 1 is 0.688 bits per heavy atom. The molecule has 0 amide bonds. The van der Waals surface area contributed by atoms with Crippen LogP contribution in [0.4, 0.5) is 0 Å². The second-order valence-electron chi connectivity index (χ2n) is 4.15. The molecule has 0 nitrogen and oxygen atoms in total. The van der Waals surface area contributed by atoms with Gasteiger partial charge < -0.3 is 0 Å². The summed E-state index contributed by atoms with van der Waals surface area (Å²) in [6.07, 6.45) is 0. The van der Waals surface area contributed by atoms with E-state index in [1.807, 2.05) is 0 Å². The van der Waals surface area contributed by atoms with Crippen molar-refractivity contribution in [1.82, 2.24) is 0 Å². The van der Waals surface area contributed by atoms with Crippen molar-refractivity contribution in [2.45, 2.75) is 13.8 Å². The summed E-state index contributed by atoms with van der Waals surface area (Å²) in [4.78, 5) is 0. The maximum Gasteiger partial charge on any atom is -0.0111 e. The average Bonchev–Trinajstić information content (AvgIpc) is 2.30. The van der Waals surface area contributed by atoms with E-state index in [2.05, 4.69) is 62.4 Å². The Hall–Kier alpha value is -1.82. The van der Waals surface area contributed by atoms with Gasteiger partial charge in [-0.15, -0.1) is 0 Å². The molecule has 16 heavy (non-hydrogen) atoms. The minimum atomic E-state index is 0.833. The molecule has 0 fully saturated rings. The number of hydrogen-bond donors (Lipinski definition) is 0. The number of rotatable bonds is 2. The molecule has 0 saturated carbocycles. The van der Waals surface area contributed by atoms with Gasteiger partial charge in [-0.25, -0.2) is 0 Å². The Balaban J connectivity index is 2.32. The standard InChI is InChI=1S/C16H15/c1-12-4-8-15(9-5-12)14(3)16-10-6-13(2)7-11-16/h3-11H,1-2H3. The monoisotopic (exact) mass is 207 g/mol. The summed E-state index contributed by atoms with van der Waals surface area (Å²) in [7, 11) is 0. The highest BCUT2D eigenvalue weighted by Gasteiger charge is 2.01. The fraction of sp³-hybridized carbons (Fsp3) is 0.125. The van der Waals surface area contributed by atoms with Crippen LogP contribution in [0, 0.1) is 20.4 Å². The smallest absolute Gasteiger partial charge is 0.0111 e. The fourth-order valence-electron chi connectivity index (χ4n) is 1.63. The molecule has 2 rings (SSSR count). The van der Waals surface area contributed by atoms with Gasteiger partial charge in [0.15, 0.2) is 0 Å². The lowest BCUT2D eigenvalue weighted by atomic mass is 9.98. The van der Waals surface area contributed by atoms with Crippen LogP contribution in [0.2, 0.25) is 0 Å². The second-order valence-corrected chi connectivity index (χ2v) is 4.15. The molecule has 79 valence electrons. The van der Waals surface area contributed by atoms with E-state index in [9.17, 15) is 0 Å². The molecule has 0 saturated heterocycles. The number of aryl methyl sites for hydroxylation is 2. The van der Waals surface area contributed by atoms with E-state index in [1.165, 1.54) is 11.1 Å². The molecule has 0 heterocycles. The van der Waals surface area contributed by atoms with E-state index in [1.54, 1.807) is 0 Å². The quantitative estimate of drug-likeness (QED) is 0.693. The van der Waals surface area contributed by atoms with Gasteiger partial charge in [-0.3, -0.25) is 0 Å². The Morgan fingerprint density at radius 2 is 1.00 bits per heavy atom. The van der Waals surface area contributed by atoms with Crippen molar-refractivity contribution in [3.05, 3.63) is 77.4 Å². The van der Waals surface area contributed by atoms with Crippen LogP contribution in [-0.4, -0.2) is 0 Å². The first-order chi connectivity index (χ1) is 7.66. The summed E-state index contributed by atoms with van der Waals surface area (Å²) in [6.45, 7) is 10.3. The summed E-state index contributed by atoms with van der Waals surface area (Å²) in [5.41, 5.74) is 5.49. The first-order valence-electron chi connectivity index (χ1n) is 5.43. The zero-order valence-corrected chi connectivity index (χ0v) is 9.70. The van der Waals surface area contributed by atoms with Crippen molar-refractivity contribution in [2.75, 3.05) is 0 Å². The van der Waals surface area contributed by atoms with Crippen molar-refractivity contribution in [2.24, 2.45) is 0 Å². The van der Waals surface area contributed by atoms with Crippen LogP contribution in [-0.2, 0) is 0 Å². The Labute approximate surface area is 97.3 Å². The Bertz CT molecular complexity index is 439. The molecule has 0 aliphatic carbocycles. The van der Waals surface area contributed by atoms with E-state index in [4.69, 9.17) is 6.58 Å². The van der Waals surface area contributed by atoms with Crippen molar-refractivity contribution < 1.29 is 0 Å². The number of hydrogen-bond acceptors (Lipinski definition) is 0. The maximum atomic E-state index is 6.13. The highest BCUT2D eigenvalue weighted by atomic mass is 14.1. The Kier molecular flexibility index (Phi) is 2.91.